The number of nitrogens with zero attached hydrogens (tertiary/aromatic N) is 4. The summed E-state index contributed by atoms with van der Waals surface area (Å²) in [7, 11) is 7.66. The fourth-order valence-corrected chi connectivity index (χ4v) is 7.69. The van der Waals surface area contributed by atoms with Gasteiger partial charge in [0.2, 0.25) is 0 Å². The van der Waals surface area contributed by atoms with Crippen LogP contribution in [-0.4, -0.2) is 46.4 Å². The van der Waals surface area contributed by atoms with Crippen molar-refractivity contribution in [2.75, 3.05) is 27.3 Å². The molecule has 0 aliphatic heterocycles. The van der Waals surface area contributed by atoms with Crippen LogP contribution in [0.25, 0.3) is 66.1 Å². The molecule has 0 unspecified atom stereocenters. The Morgan fingerprint density at radius 1 is 0.509 bits per heavy atom. The van der Waals surface area contributed by atoms with Gasteiger partial charge in [-0.1, -0.05) is 42.8 Å². The minimum absolute atomic E-state index is 0.722. The lowest BCUT2D eigenvalue weighted by Crippen LogP contribution is -2.18. The van der Waals surface area contributed by atoms with E-state index in [0.717, 1.165) is 102 Å². The van der Waals surface area contributed by atoms with Gasteiger partial charge >= 0.3 is 0 Å². The Morgan fingerprint density at radius 2 is 0.925 bits per heavy atom. The Hall–Kier alpha value is -5.70. The van der Waals surface area contributed by atoms with Gasteiger partial charge < -0.3 is 29.2 Å². The molecular formula is C45H46N6O2. The molecule has 4 aromatic carbocycles. The van der Waals surface area contributed by atoms with Crippen molar-refractivity contribution in [2.45, 2.75) is 32.4 Å². The molecule has 0 saturated carbocycles. The molecule has 0 fully saturated rings. The molecule has 8 heteroatoms. The van der Waals surface area contributed by atoms with Crippen molar-refractivity contribution in [3.8, 4) is 34.0 Å². The van der Waals surface area contributed by atoms with Gasteiger partial charge in [-0.3, -0.25) is 0 Å². The lowest BCUT2D eigenvalue weighted by molar-refractivity contribution is 0.415. The quantitative estimate of drug-likeness (QED) is 0.110. The lowest BCUT2D eigenvalue weighted by atomic mass is 10.1. The third-order valence-electron chi connectivity index (χ3n) is 10.4. The summed E-state index contributed by atoms with van der Waals surface area (Å²) < 4.78 is 15.4. The zero-order chi connectivity index (χ0) is 36.3. The number of hydrogen-bond donors (Lipinski definition) is 2. The molecule has 4 aromatic heterocycles. The van der Waals surface area contributed by atoms with Crippen molar-refractivity contribution in [3.05, 3.63) is 121 Å². The van der Waals surface area contributed by atoms with Gasteiger partial charge in [-0.15, -0.1) is 0 Å². The molecule has 0 atom stereocenters. The molecule has 8 rings (SSSR count). The zero-order valence-electron chi connectivity index (χ0n) is 30.9. The molecule has 2 N–H and O–H groups in total. The number of aromatic nitrogens is 4. The van der Waals surface area contributed by atoms with E-state index in [4.69, 9.17) is 19.4 Å². The second-order valence-corrected chi connectivity index (χ2v) is 13.7. The molecule has 0 aliphatic carbocycles. The number of methoxy groups -OCH3 is 2. The number of rotatable bonds is 14. The number of para-hydroxylation sites is 2. The van der Waals surface area contributed by atoms with E-state index in [0.29, 0.717) is 0 Å². The molecule has 0 aliphatic rings. The second-order valence-electron chi connectivity index (χ2n) is 13.7. The molecule has 8 nitrogen and oxygen atoms in total. The molecule has 0 spiro atoms. The molecule has 8 aromatic rings. The highest BCUT2D eigenvalue weighted by molar-refractivity contribution is 6.13. The van der Waals surface area contributed by atoms with E-state index in [1.807, 2.05) is 24.3 Å². The molecule has 4 heterocycles. The van der Waals surface area contributed by atoms with Gasteiger partial charge in [0.15, 0.2) is 0 Å². The van der Waals surface area contributed by atoms with Crippen LogP contribution >= 0.6 is 0 Å². The summed E-state index contributed by atoms with van der Waals surface area (Å²) in [4.78, 5) is 10.4. The van der Waals surface area contributed by atoms with Crippen molar-refractivity contribution in [2.24, 2.45) is 14.1 Å². The Kier molecular flexibility index (Phi) is 9.80. The van der Waals surface area contributed by atoms with Gasteiger partial charge in [-0.25, -0.2) is 9.97 Å². The summed E-state index contributed by atoms with van der Waals surface area (Å²) in [6.45, 7) is 3.33. The van der Waals surface area contributed by atoms with E-state index < -0.39 is 0 Å². The highest BCUT2D eigenvalue weighted by Crippen LogP contribution is 2.37. The summed E-state index contributed by atoms with van der Waals surface area (Å²) >= 11 is 0. The maximum atomic E-state index is 5.42. The molecule has 0 amide bonds. The van der Waals surface area contributed by atoms with Crippen molar-refractivity contribution < 1.29 is 9.47 Å². The predicted octanol–water partition coefficient (Wildman–Crippen LogP) is 9.17. The van der Waals surface area contributed by atoms with Crippen molar-refractivity contribution in [1.82, 2.24) is 29.7 Å². The maximum absolute atomic E-state index is 5.42. The van der Waals surface area contributed by atoms with Crippen molar-refractivity contribution in [3.63, 3.8) is 0 Å². The first-order valence-corrected chi connectivity index (χ1v) is 18.5. The van der Waals surface area contributed by atoms with Crippen LogP contribution < -0.4 is 20.1 Å². The number of pyridine rings is 2. The molecule has 0 saturated heterocycles. The van der Waals surface area contributed by atoms with Crippen LogP contribution in [0.5, 0.6) is 11.5 Å². The standard InChI is InChI=1S/C45H46N6O2/c1-50-40-14-8-6-12-36(40)38-26-32(48-42(44(38)50)30-16-20-34(52-3)21-17-30)28-46-24-10-5-11-25-47-29-33-27-39-37-13-7-9-15-41(37)51(2)45(39)43(49-33)31-18-22-35(53-4)23-19-31/h6-9,12-23,26-27,46-47H,5,10-11,24-25,28-29H2,1-4H3. The second kappa shape index (κ2) is 15.1. The van der Waals surface area contributed by atoms with Crippen molar-refractivity contribution in [1.29, 1.82) is 0 Å². The SMILES string of the molecule is COc1ccc(-c2nc(CNCCCCCNCc3cc4c5ccccc5n(C)c4c(-c4ccc(OC)cc4)n3)cc3c4ccccc4n(C)c23)cc1. The largest absolute Gasteiger partial charge is 0.497 e. The molecule has 0 bridgehead atoms. The number of ether oxygens (including phenoxy) is 2. The van der Waals surface area contributed by atoms with E-state index in [1.54, 1.807) is 14.2 Å². The van der Waals surface area contributed by atoms with Crippen molar-refractivity contribution >= 4 is 43.6 Å². The number of fused-ring (bicyclic) bond motifs is 6. The number of hydrogen-bond acceptors (Lipinski definition) is 6. The highest BCUT2D eigenvalue weighted by Gasteiger charge is 2.18. The first kappa shape index (κ1) is 34.4. The van der Waals surface area contributed by atoms with Crippen LogP contribution in [0.1, 0.15) is 30.7 Å². The Bertz CT molecular complexity index is 2360. The molecule has 0 radical (unpaired) electrons. The first-order chi connectivity index (χ1) is 26.0. The van der Waals surface area contributed by atoms with Crippen LogP contribution in [0, 0.1) is 0 Å². The number of nitrogens with one attached hydrogen (secondary N) is 2. The summed E-state index contributed by atoms with van der Waals surface area (Å²) in [5.41, 5.74) is 11.0. The Morgan fingerprint density at radius 3 is 1.34 bits per heavy atom. The molecule has 53 heavy (non-hydrogen) atoms. The fraction of sp³-hybridized carbons (Fsp3) is 0.244. The monoisotopic (exact) mass is 702 g/mol. The highest BCUT2D eigenvalue weighted by atomic mass is 16.5. The minimum atomic E-state index is 0.722. The summed E-state index contributed by atoms with van der Waals surface area (Å²) in [5, 5.41) is 12.3. The van der Waals surface area contributed by atoms with E-state index in [-0.39, 0.29) is 0 Å². The summed E-state index contributed by atoms with van der Waals surface area (Å²) in [5.74, 6) is 1.68. The molecule has 268 valence electrons. The summed E-state index contributed by atoms with van der Waals surface area (Å²) in [6.07, 6.45) is 3.34. The van der Waals surface area contributed by atoms with Gasteiger partial charge in [-0.05, 0) is 98.7 Å². The normalized spacial score (nSPS) is 11.7. The Balaban J connectivity index is 0.893. The Labute approximate surface area is 310 Å². The van der Waals surface area contributed by atoms with E-state index in [9.17, 15) is 0 Å². The first-order valence-electron chi connectivity index (χ1n) is 18.5. The van der Waals surface area contributed by atoms with Crippen LogP contribution in [-0.2, 0) is 27.2 Å². The van der Waals surface area contributed by atoms with Crippen LogP contribution in [0.15, 0.2) is 109 Å². The third-order valence-corrected chi connectivity index (χ3v) is 10.4. The number of unbranched alkanes of at least 4 members (excludes halogenated alkanes) is 2. The minimum Gasteiger partial charge on any atom is -0.497 e. The van der Waals surface area contributed by atoms with Gasteiger partial charge in [0.25, 0.3) is 0 Å². The lowest BCUT2D eigenvalue weighted by Gasteiger charge is -2.12. The fourth-order valence-electron chi connectivity index (χ4n) is 7.69. The topological polar surface area (TPSA) is 78.2 Å². The van der Waals surface area contributed by atoms with Crippen LogP contribution in [0.3, 0.4) is 0 Å². The van der Waals surface area contributed by atoms with E-state index >= 15 is 0 Å². The predicted molar refractivity (Wildman–Crippen MR) is 218 cm³/mol. The smallest absolute Gasteiger partial charge is 0.118 e. The number of aryl methyl sites for hydroxylation is 2. The van der Waals surface area contributed by atoms with Gasteiger partial charge in [-0.2, -0.15) is 0 Å². The maximum Gasteiger partial charge on any atom is 0.118 e. The van der Waals surface area contributed by atoms with Gasteiger partial charge in [0, 0.05) is 70.9 Å². The van der Waals surface area contributed by atoms with Crippen LogP contribution in [0.2, 0.25) is 0 Å². The van der Waals surface area contributed by atoms with E-state index in [1.165, 1.54) is 32.6 Å². The van der Waals surface area contributed by atoms with Gasteiger partial charge in [0.05, 0.1) is 48.0 Å². The average molecular weight is 703 g/mol. The average Bonchev–Trinajstić information content (AvgIpc) is 3.66. The van der Waals surface area contributed by atoms with Gasteiger partial charge in [0.1, 0.15) is 11.5 Å². The zero-order valence-corrected chi connectivity index (χ0v) is 30.9. The van der Waals surface area contributed by atoms with Crippen LogP contribution in [0.4, 0.5) is 0 Å². The molecular weight excluding hydrogens is 657 g/mol. The summed E-state index contributed by atoms with van der Waals surface area (Å²) in [6, 6.07) is 38.1. The van der Waals surface area contributed by atoms with E-state index in [2.05, 4.69) is 119 Å². The number of benzene rings is 4. The third kappa shape index (κ3) is 6.72.